The maximum Gasteiger partial charge on any atom is 0.280 e. The minimum atomic E-state index is -0.373. The summed E-state index contributed by atoms with van der Waals surface area (Å²) >= 11 is 8.17. The largest absolute Gasteiger partial charge is 0.463 e. The lowest BCUT2D eigenvalue weighted by Gasteiger charge is -2.13. The Kier molecular flexibility index (Phi) is 5.92. The van der Waals surface area contributed by atoms with Crippen LogP contribution in [-0.4, -0.2) is 17.1 Å². The molecule has 1 amide bonds. The number of fused-ring (bicyclic) bond motifs is 2. The summed E-state index contributed by atoms with van der Waals surface area (Å²) in [6.07, 6.45) is 2.67. The molecule has 0 unspecified atom stereocenters. The standard InChI is InChI=1S/C24H13Br2N3O3S/c25-16-7-5-14(6-8-16)23(31)29(24-28-19-10-9-17(26)11-21(19)33-24)27-12-15-13-32-20-4-2-1-3-18(20)22(15)30/h1-13H/b27-12+. The summed E-state index contributed by atoms with van der Waals surface area (Å²) in [6.45, 7) is 0. The van der Waals surface area contributed by atoms with Gasteiger partial charge in [-0.1, -0.05) is 55.3 Å². The van der Waals surface area contributed by atoms with Crippen molar-refractivity contribution in [2.45, 2.75) is 0 Å². The highest BCUT2D eigenvalue weighted by molar-refractivity contribution is 9.10. The predicted octanol–water partition coefficient (Wildman–Crippen LogP) is 6.61. The summed E-state index contributed by atoms with van der Waals surface area (Å²) in [5.74, 6) is -0.373. The first-order valence-electron chi connectivity index (χ1n) is 9.70. The number of amides is 1. The molecule has 6 nitrogen and oxygen atoms in total. The number of carbonyl (C=O) groups is 1. The van der Waals surface area contributed by atoms with Crippen LogP contribution in [0.2, 0.25) is 0 Å². The van der Waals surface area contributed by atoms with Gasteiger partial charge in [-0.3, -0.25) is 9.59 Å². The van der Waals surface area contributed by atoms with Gasteiger partial charge < -0.3 is 4.42 Å². The van der Waals surface area contributed by atoms with Crippen molar-refractivity contribution in [3.63, 3.8) is 0 Å². The molecule has 9 heteroatoms. The highest BCUT2D eigenvalue weighted by Crippen LogP contribution is 2.32. The fourth-order valence-electron chi connectivity index (χ4n) is 3.18. The first kappa shape index (κ1) is 21.7. The predicted molar refractivity (Wildman–Crippen MR) is 138 cm³/mol. The summed E-state index contributed by atoms with van der Waals surface area (Å²) in [5.41, 5.74) is 1.66. The number of halogens is 2. The van der Waals surface area contributed by atoms with Crippen molar-refractivity contribution >= 4 is 81.6 Å². The quantitative estimate of drug-likeness (QED) is 0.176. The lowest BCUT2D eigenvalue weighted by molar-refractivity contribution is 0.0988. The zero-order chi connectivity index (χ0) is 22.9. The van der Waals surface area contributed by atoms with Crippen molar-refractivity contribution in [3.8, 4) is 0 Å². The van der Waals surface area contributed by atoms with E-state index in [1.54, 1.807) is 48.5 Å². The van der Waals surface area contributed by atoms with Gasteiger partial charge >= 0.3 is 0 Å². The number of benzene rings is 3. The molecule has 0 atom stereocenters. The Morgan fingerprint density at radius 2 is 1.79 bits per heavy atom. The van der Waals surface area contributed by atoms with Crippen LogP contribution >= 0.6 is 43.2 Å². The number of hydrogen-bond donors (Lipinski definition) is 0. The molecule has 3 aromatic carbocycles. The van der Waals surface area contributed by atoms with Crippen LogP contribution in [0.1, 0.15) is 15.9 Å². The molecule has 162 valence electrons. The number of aromatic nitrogens is 1. The number of hydrogen-bond acceptors (Lipinski definition) is 6. The van der Waals surface area contributed by atoms with Gasteiger partial charge in [0.05, 0.1) is 27.4 Å². The topological polar surface area (TPSA) is 75.8 Å². The van der Waals surface area contributed by atoms with Crippen molar-refractivity contribution < 1.29 is 9.21 Å². The Balaban J connectivity index is 1.60. The third-order valence-electron chi connectivity index (χ3n) is 4.82. The number of anilines is 1. The first-order valence-corrected chi connectivity index (χ1v) is 12.1. The molecule has 0 aliphatic carbocycles. The lowest BCUT2D eigenvalue weighted by atomic mass is 10.2. The van der Waals surface area contributed by atoms with E-state index in [1.807, 2.05) is 18.2 Å². The maximum atomic E-state index is 13.4. The molecular weight excluding hydrogens is 570 g/mol. The second kappa shape index (κ2) is 9.01. The van der Waals surface area contributed by atoms with E-state index in [4.69, 9.17) is 4.42 Å². The van der Waals surface area contributed by atoms with Gasteiger partial charge in [-0.25, -0.2) is 4.98 Å². The van der Waals surface area contributed by atoms with Gasteiger partial charge in [0.15, 0.2) is 0 Å². The third-order valence-corrected chi connectivity index (χ3v) is 6.84. The highest BCUT2D eigenvalue weighted by Gasteiger charge is 2.21. The fraction of sp³-hybridized carbons (Fsp3) is 0. The highest BCUT2D eigenvalue weighted by atomic mass is 79.9. The van der Waals surface area contributed by atoms with Crippen LogP contribution in [0.4, 0.5) is 5.13 Å². The van der Waals surface area contributed by atoms with Crippen molar-refractivity contribution in [1.82, 2.24) is 4.98 Å². The maximum absolute atomic E-state index is 13.4. The average molecular weight is 583 g/mol. The molecule has 0 N–H and O–H groups in total. The van der Waals surface area contributed by atoms with E-state index >= 15 is 0 Å². The fourth-order valence-corrected chi connectivity index (χ4v) is 4.92. The Morgan fingerprint density at radius 3 is 2.61 bits per heavy atom. The summed E-state index contributed by atoms with van der Waals surface area (Å²) in [5, 5.41) is 6.40. The van der Waals surface area contributed by atoms with Crippen LogP contribution in [0.3, 0.4) is 0 Å². The Hall–Kier alpha value is -3.14. The van der Waals surface area contributed by atoms with E-state index in [0.29, 0.717) is 21.7 Å². The number of para-hydroxylation sites is 1. The molecular formula is C24H13Br2N3O3S. The SMILES string of the molecule is O=C(c1ccc(Br)cc1)N(/N=C/c1coc2ccccc2c1=O)c1nc2ccc(Br)cc2s1. The smallest absolute Gasteiger partial charge is 0.280 e. The Bertz CT molecular complexity index is 1590. The average Bonchev–Trinajstić information content (AvgIpc) is 3.24. The van der Waals surface area contributed by atoms with Crippen LogP contribution in [0.25, 0.3) is 21.2 Å². The molecule has 0 spiro atoms. The molecule has 5 aromatic rings. The molecule has 2 heterocycles. The summed E-state index contributed by atoms with van der Waals surface area (Å²) in [6, 6.07) is 19.6. The number of thiazole rings is 1. The van der Waals surface area contributed by atoms with Crippen LogP contribution in [-0.2, 0) is 0 Å². The molecule has 0 aliphatic rings. The molecule has 0 aliphatic heterocycles. The molecule has 2 aromatic heterocycles. The van der Waals surface area contributed by atoms with Crippen LogP contribution in [0.5, 0.6) is 0 Å². The van der Waals surface area contributed by atoms with Crippen LogP contribution < -0.4 is 10.4 Å². The van der Waals surface area contributed by atoms with Gasteiger partial charge in [0, 0.05) is 14.5 Å². The van der Waals surface area contributed by atoms with E-state index in [2.05, 4.69) is 41.9 Å². The van der Waals surface area contributed by atoms with Gasteiger partial charge in [0.1, 0.15) is 11.8 Å². The third kappa shape index (κ3) is 4.39. The molecule has 0 fully saturated rings. The van der Waals surface area contributed by atoms with Gasteiger partial charge in [-0.2, -0.15) is 10.1 Å². The minimum absolute atomic E-state index is 0.228. The second-order valence-corrected chi connectivity index (χ2v) is 9.83. The van der Waals surface area contributed by atoms with Crippen molar-refractivity contribution in [3.05, 3.63) is 103 Å². The normalized spacial score (nSPS) is 11.5. The number of hydrazone groups is 1. The van der Waals surface area contributed by atoms with Crippen molar-refractivity contribution in [1.29, 1.82) is 0 Å². The lowest BCUT2D eigenvalue weighted by Crippen LogP contribution is -2.26. The Labute approximate surface area is 208 Å². The number of nitrogens with zero attached hydrogens (tertiary/aromatic N) is 3. The van der Waals surface area contributed by atoms with Crippen molar-refractivity contribution in [2.75, 3.05) is 5.01 Å². The van der Waals surface area contributed by atoms with Crippen LogP contribution in [0, 0.1) is 0 Å². The summed E-state index contributed by atoms with van der Waals surface area (Å²) in [4.78, 5) is 30.8. The summed E-state index contributed by atoms with van der Waals surface area (Å²) < 4.78 is 8.22. The molecule has 0 saturated carbocycles. The van der Waals surface area contributed by atoms with E-state index in [0.717, 1.165) is 19.2 Å². The molecule has 33 heavy (non-hydrogen) atoms. The minimum Gasteiger partial charge on any atom is -0.463 e. The molecule has 0 saturated heterocycles. The van der Waals surface area contributed by atoms with Gasteiger partial charge in [-0.15, -0.1) is 0 Å². The zero-order valence-corrected chi connectivity index (χ0v) is 20.7. The first-order chi connectivity index (χ1) is 16.0. The van der Waals surface area contributed by atoms with Gasteiger partial charge in [-0.05, 0) is 54.6 Å². The monoisotopic (exact) mass is 581 g/mol. The Morgan fingerprint density at radius 1 is 1.03 bits per heavy atom. The summed E-state index contributed by atoms with van der Waals surface area (Å²) in [7, 11) is 0. The van der Waals surface area contributed by atoms with E-state index in [1.165, 1.54) is 28.8 Å². The number of rotatable bonds is 4. The number of carbonyl (C=O) groups excluding carboxylic acids is 1. The van der Waals surface area contributed by atoms with E-state index in [9.17, 15) is 9.59 Å². The van der Waals surface area contributed by atoms with Gasteiger partial charge in [0.2, 0.25) is 10.6 Å². The molecule has 0 radical (unpaired) electrons. The van der Waals surface area contributed by atoms with Crippen molar-refractivity contribution in [2.24, 2.45) is 5.10 Å². The van der Waals surface area contributed by atoms with E-state index < -0.39 is 0 Å². The van der Waals surface area contributed by atoms with Crippen LogP contribution in [0.15, 0.2) is 96.3 Å². The van der Waals surface area contributed by atoms with E-state index in [-0.39, 0.29) is 16.9 Å². The molecule has 0 bridgehead atoms. The van der Waals surface area contributed by atoms with Gasteiger partial charge in [0.25, 0.3) is 5.91 Å². The zero-order valence-electron chi connectivity index (χ0n) is 16.7. The second-order valence-electron chi connectivity index (χ2n) is 6.99. The molecule has 5 rings (SSSR count).